The molecule has 2 N–H and O–H groups in total. The number of aliphatic hydroxyl groups excluding tert-OH is 1. The third kappa shape index (κ3) is 3.48. The number of ether oxygens (including phenoxy) is 1. The normalized spacial score (nSPS) is 27.2. The standard InChI is InChI=1S/C16H25NO2/c1-13-6-5-9-16(10-13,12-18)17-11-14-7-3-4-8-15(14)19-2/h3-4,7-8,13,17-18H,5-6,9-12H2,1-2H3. The van der Waals surface area contributed by atoms with Crippen LogP contribution in [0.3, 0.4) is 0 Å². The first-order chi connectivity index (χ1) is 9.19. The van der Waals surface area contributed by atoms with Crippen molar-refractivity contribution in [2.45, 2.75) is 44.7 Å². The Hall–Kier alpha value is -1.06. The van der Waals surface area contributed by atoms with Gasteiger partial charge in [0.2, 0.25) is 0 Å². The second kappa shape index (κ2) is 6.40. The van der Waals surface area contributed by atoms with Gasteiger partial charge in [-0.15, -0.1) is 0 Å². The monoisotopic (exact) mass is 263 g/mol. The van der Waals surface area contributed by atoms with Gasteiger partial charge >= 0.3 is 0 Å². The summed E-state index contributed by atoms with van der Waals surface area (Å²) in [5, 5.41) is 13.3. The van der Waals surface area contributed by atoms with Crippen molar-refractivity contribution >= 4 is 0 Å². The largest absolute Gasteiger partial charge is 0.496 e. The summed E-state index contributed by atoms with van der Waals surface area (Å²) >= 11 is 0. The quantitative estimate of drug-likeness (QED) is 0.858. The second-order valence-electron chi connectivity index (χ2n) is 5.81. The van der Waals surface area contributed by atoms with E-state index < -0.39 is 0 Å². The Morgan fingerprint density at radius 3 is 2.89 bits per heavy atom. The van der Waals surface area contributed by atoms with Crippen molar-refractivity contribution in [2.24, 2.45) is 5.92 Å². The van der Waals surface area contributed by atoms with Crippen LogP contribution in [-0.4, -0.2) is 24.4 Å². The van der Waals surface area contributed by atoms with Gasteiger partial charge in [-0.2, -0.15) is 0 Å². The Balaban J connectivity index is 2.03. The van der Waals surface area contributed by atoms with Crippen LogP contribution in [0.1, 0.15) is 38.2 Å². The number of aliphatic hydroxyl groups is 1. The molecule has 0 spiro atoms. The maximum absolute atomic E-state index is 9.77. The first-order valence-corrected chi connectivity index (χ1v) is 7.17. The molecular weight excluding hydrogens is 238 g/mol. The molecular formula is C16H25NO2. The molecule has 1 aliphatic rings. The number of para-hydroxylation sites is 1. The predicted octanol–water partition coefficient (Wildman–Crippen LogP) is 2.73. The molecule has 0 amide bonds. The second-order valence-corrected chi connectivity index (χ2v) is 5.81. The van der Waals surface area contributed by atoms with Crippen molar-refractivity contribution in [3.05, 3.63) is 29.8 Å². The number of hydrogen-bond donors (Lipinski definition) is 2. The molecule has 0 bridgehead atoms. The van der Waals surface area contributed by atoms with Crippen LogP contribution < -0.4 is 10.1 Å². The predicted molar refractivity (Wildman–Crippen MR) is 77.3 cm³/mol. The lowest BCUT2D eigenvalue weighted by atomic mass is 9.77. The van der Waals surface area contributed by atoms with E-state index in [4.69, 9.17) is 4.74 Å². The smallest absolute Gasteiger partial charge is 0.123 e. The van der Waals surface area contributed by atoms with Crippen molar-refractivity contribution < 1.29 is 9.84 Å². The number of hydrogen-bond acceptors (Lipinski definition) is 3. The van der Waals surface area contributed by atoms with E-state index in [0.717, 1.165) is 30.7 Å². The van der Waals surface area contributed by atoms with E-state index in [9.17, 15) is 5.11 Å². The van der Waals surface area contributed by atoms with Gasteiger partial charge in [-0.25, -0.2) is 0 Å². The minimum absolute atomic E-state index is 0.113. The highest BCUT2D eigenvalue weighted by Gasteiger charge is 2.33. The highest BCUT2D eigenvalue weighted by molar-refractivity contribution is 5.33. The van der Waals surface area contributed by atoms with Gasteiger partial charge in [-0.3, -0.25) is 0 Å². The molecule has 2 unspecified atom stereocenters. The summed E-state index contributed by atoms with van der Waals surface area (Å²) in [7, 11) is 1.70. The van der Waals surface area contributed by atoms with E-state index in [-0.39, 0.29) is 12.1 Å². The summed E-state index contributed by atoms with van der Waals surface area (Å²) < 4.78 is 5.37. The zero-order valence-corrected chi connectivity index (χ0v) is 12.0. The Bertz CT molecular complexity index is 407. The highest BCUT2D eigenvalue weighted by Crippen LogP contribution is 2.32. The summed E-state index contributed by atoms with van der Waals surface area (Å²) in [6, 6.07) is 8.05. The van der Waals surface area contributed by atoms with Crippen molar-refractivity contribution in [3.8, 4) is 5.75 Å². The van der Waals surface area contributed by atoms with Crippen LogP contribution in [0.15, 0.2) is 24.3 Å². The zero-order chi connectivity index (χ0) is 13.7. The topological polar surface area (TPSA) is 41.5 Å². The first-order valence-electron chi connectivity index (χ1n) is 7.17. The maximum atomic E-state index is 9.77. The van der Waals surface area contributed by atoms with Gasteiger partial charge < -0.3 is 15.2 Å². The van der Waals surface area contributed by atoms with E-state index in [1.54, 1.807) is 7.11 Å². The maximum Gasteiger partial charge on any atom is 0.123 e. The molecule has 19 heavy (non-hydrogen) atoms. The van der Waals surface area contributed by atoms with Crippen molar-refractivity contribution in [2.75, 3.05) is 13.7 Å². The number of methoxy groups -OCH3 is 1. The molecule has 1 fully saturated rings. The lowest BCUT2D eigenvalue weighted by molar-refractivity contribution is 0.0980. The fourth-order valence-electron chi connectivity index (χ4n) is 3.15. The average molecular weight is 263 g/mol. The molecule has 3 nitrogen and oxygen atoms in total. The molecule has 0 heterocycles. The Labute approximate surface area is 116 Å². The summed E-state index contributed by atoms with van der Waals surface area (Å²) in [6.45, 7) is 3.23. The van der Waals surface area contributed by atoms with Crippen LogP contribution in [-0.2, 0) is 6.54 Å². The SMILES string of the molecule is COc1ccccc1CNC1(CO)CCCC(C)C1. The third-order valence-electron chi connectivity index (χ3n) is 4.24. The molecule has 2 atom stereocenters. The fourth-order valence-corrected chi connectivity index (χ4v) is 3.15. The molecule has 1 aromatic carbocycles. The lowest BCUT2D eigenvalue weighted by Crippen LogP contribution is -2.51. The summed E-state index contributed by atoms with van der Waals surface area (Å²) in [5.74, 6) is 1.60. The van der Waals surface area contributed by atoms with Gasteiger partial charge in [-0.1, -0.05) is 38.0 Å². The fraction of sp³-hybridized carbons (Fsp3) is 0.625. The van der Waals surface area contributed by atoms with Crippen LogP contribution in [0.2, 0.25) is 0 Å². The molecule has 2 rings (SSSR count). The van der Waals surface area contributed by atoms with Crippen LogP contribution in [0.5, 0.6) is 5.75 Å². The molecule has 3 heteroatoms. The van der Waals surface area contributed by atoms with Crippen LogP contribution >= 0.6 is 0 Å². The van der Waals surface area contributed by atoms with Crippen LogP contribution in [0, 0.1) is 5.92 Å². The van der Waals surface area contributed by atoms with E-state index >= 15 is 0 Å². The molecule has 0 aromatic heterocycles. The van der Waals surface area contributed by atoms with Gasteiger partial charge in [0.15, 0.2) is 0 Å². The van der Waals surface area contributed by atoms with Crippen LogP contribution in [0.4, 0.5) is 0 Å². The Kier molecular flexibility index (Phi) is 4.83. The molecule has 106 valence electrons. The van der Waals surface area contributed by atoms with Crippen LogP contribution in [0.25, 0.3) is 0 Å². The minimum atomic E-state index is -0.113. The van der Waals surface area contributed by atoms with Crippen molar-refractivity contribution in [1.82, 2.24) is 5.32 Å². The molecule has 0 radical (unpaired) electrons. The summed E-state index contributed by atoms with van der Waals surface area (Å²) in [5.41, 5.74) is 1.04. The molecule has 0 saturated heterocycles. The minimum Gasteiger partial charge on any atom is -0.496 e. The van der Waals surface area contributed by atoms with E-state index in [1.807, 2.05) is 18.2 Å². The van der Waals surface area contributed by atoms with Gasteiger partial charge in [-0.05, 0) is 24.8 Å². The summed E-state index contributed by atoms with van der Waals surface area (Å²) in [6.07, 6.45) is 4.58. The van der Waals surface area contributed by atoms with E-state index in [1.165, 1.54) is 12.8 Å². The van der Waals surface area contributed by atoms with Gasteiger partial charge in [0.25, 0.3) is 0 Å². The Morgan fingerprint density at radius 2 is 2.21 bits per heavy atom. The molecule has 1 saturated carbocycles. The lowest BCUT2D eigenvalue weighted by Gasteiger charge is -2.39. The average Bonchev–Trinajstić information content (AvgIpc) is 2.45. The van der Waals surface area contributed by atoms with Gasteiger partial charge in [0.05, 0.1) is 13.7 Å². The zero-order valence-electron chi connectivity index (χ0n) is 12.0. The van der Waals surface area contributed by atoms with E-state index in [2.05, 4.69) is 18.3 Å². The third-order valence-corrected chi connectivity index (χ3v) is 4.24. The summed E-state index contributed by atoms with van der Waals surface area (Å²) in [4.78, 5) is 0. The molecule has 1 aliphatic carbocycles. The number of benzene rings is 1. The Morgan fingerprint density at radius 1 is 1.42 bits per heavy atom. The molecule has 0 aliphatic heterocycles. The molecule has 1 aromatic rings. The van der Waals surface area contributed by atoms with Crippen molar-refractivity contribution in [1.29, 1.82) is 0 Å². The number of nitrogens with one attached hydrogen (secondary N) is 1. The highest BCUT2D eigenvalue weighted by atomic mass is 16.5. The van der Waals surface area contributed by atoms with Gasteiger partial charge in [0, 0.05) is 17.6 Å². The van der Waals surface area contributed by atoms with Crippen molar-refractivity contribution in [3.63, 3.8) is 0 Å². The van der Waals surface area contributed by atoms with E-state index in [0.29, 0.717) is 5.92 Å². The first kappa shape index (κ1) is 14.4. The van der Waals surface area contributed by atoms with Gasteiger partial charge in [0.1, 0.15) is 5.75 Å². The number of rotatable bonds is 5.